The van der Waals surface area contributed by atoms with Gasteiger partial charge in [0.15, 0.2) is 0 Å². The van der Waals surface area contributed by atoms with Crippen LogP contribution in [0.3, 0.4) is 0 Å². The first kappa shape index (κ1) is 15.4. The standard InChI is InChI=1S/C18H26BrNO/c1-3-10-20-16-12-18(8-6-13(2)7-9-18)21-17-5-4-14(19)11-15(16)17/h4-5,11,13,16,20H,3,6-10,12H2,1-2H3. The van der Waals surface area contributed by atoms with Gasteiger partial charge in [0.05, 0.1) is 0 Å². The van der Waals surface area contributed by atoms with Crippen LogP contribution in [0.5, 0.6) is 5.75 Å². The Kier molecular flexibility index (Phi) is 4.60. The molecule has 0 amide bonds. The lowest BCUT2D eigenvalue weighted by Gasteiger charge is -2.46. The summed E-state index contributed by atoms with van der Waals surface area (Å²) in [4.78, 5) is 0. The van der Waals surface area contributed by atoms with Gasteiger partial charge in [-0.3, -0.25) is 0 Å². The lowest BCUT2D eigenvalue weighted by atomic mass is 9.74. The molecule has 1 aromatic rings. The number of benzene rings is 1. The SMILES string of the molecule is CCCNC1CC2(CCC(C)CC2)Oc2ccc(Br)cc21. The molecule has 1 heterocycles. The van der Waals surface area contributed by atoms with Crippen molar-refractivity contribution in [2.45, 2.75) is 64.0 Å². The van der Waals surface area contributed by atoms with Crippen LogP contribution in [0.2, 0.25) is 0 Å². The van der Waals surface area contributed by atoms with Crippen molar-refractivity contribution in [3.8, 4) is 5.75 Å². The summed E-state index contributed by atoms with van der Waals surface area (Å²) in [7, 11) is 0. The summed E-state index contributed by atoms with van der Waals surface area (Å²) < 4.78 is 7.65. The largest absolute Gasteiger partial charge is 0.487 e. The van der Waals surface area contributed by atoms with E-state index < -0.39 is 0 Å². The molecule has 1 atom stereocenters. The van der Waals surface area contributed by atoms with Gasteiger partial charge in [-0.1, -0.05) is 29.8 Å². The van der Waals surface area contributed by atoms with Crippen LogP contribution in [0.4, 0.5) is 0 Å². The molecule has 21 heavy (non-hydrogen) atoms. The Balaban J connectivity index is 1.87. The molecule has 1 unspecified atom stereocenters. The first-order chi connectivity index (χ1) is 10.1. The second-order valence-electron chi connectivity index (χ2n) is 6.86. The zero-order valence-electron chi connectivity index (χ0n) is 13.1. The molecule has 1 N–H and O–H groups in total. The fourth-order valence-electron chi connectivity index (χ4n) is 3.74. The molecule has 3 rings (SSSR count). The van der Waals surface area contributed by atoms with Gasteiger partial charge in [0, 0.05) is 22.5 Å². The molecular weight excluding hydrogens is 326 g/mol. The van der Waals surface area contributed by atoms with Gasteiger partial charge in [-0.15, -0.1) is 0 Å². The maximum absolute atomic E-state index is 6.51. The Morgan fingerprint density at radius 3 is 2.81 bits per heavy atom. The van der Waals surface area contributed by atoms with Crippen LogP contribution in [0.25, 0.3) is 0 Å². The van der Waals surface area contributed by atoms with Crippen LogP contribution in [0.1, 0.15) is 64.0 Å². The first-order valence-corrected chi connectivity index (χ1v) is 9.13. The van der Waals surface area contributed by atoms with E-state index in [4.69, 9.17) is 4.74 Å². The van der Waals surface area contributed by atoms with E-state index in [0.717, 1.165) is 29.1 Å². The van der Waals surface area contributed by atoms with Crippen LogP contribution in [-0.4, -0.2) is 12.1 Å². The van der Waals surface area contributed by atoms with Gasteiger partial charge in [0.2, 0.25) is 0 Å². The van der Waals surface area contributed by atoms with Crippen molar-refractivity contribution in [2.24, 2.45) is 5.92 Å². The van der Waals surface area contributed by atoms with Crippen molar-refractivity contribution in [2.75, 3.05) is 6.54 Å². The highest BCUT2D eigenvalue weighted by Gasteiger charge is 2.42. The number of fused-ring (bicyclic) bond motifs is 1. The minimum Gasteiger partial charge on any atom is -0.487 e. The normalized spacial score (nSPS) is 31.8. The molecule has 0 aromatic heterocycles. The van der Waals surface area contributed by atoms with Gasteiger partial charge in [0.1, 0.15) is 11.4 Å². The van der Waals surface area contributed by atoms with E-state index in [-0.39, 0.29) is 5.60 Å². The number of rotatable bonds is 3. The fraction of sp³-hybridized carbons (Fsp3) is 0.667. The maximum Gasteiger partial charge on any atom is 0.125 e. The predicted octanol–water partition coefficient (Wildman–Crippen LogP) is 5.22. The molecule has 0 bridgehead atoms. The predicted molar refractivity (Wildman–Crippen MR) is 90.8 cm³/mol. The van der Waals surface area contributed by atoms with E-state index in [1.54, 1.807) is 0 Å². The van der Waals surface area contributed by atoms with E-state index >= 15 is 0 Å². The van der Waals surface area contributed by atoms with Gasteiger partial charge < -0.3 is 10.1 Å². The van der Waals surface area contributed by atoms with Gasteiger partial charge in [0.25, 0.3) is 0 Å². The average Bonchev–Trinajstić information content (AvgIpc) is 2.49. The van der Waals surface area contributed by atoms with E-state index in [2.05, 4.69) is 53.3 Å². The van der Waals surface area contributed by atoms with Gasteiger partial charge in [-0.2, -0.15) is 0 Å². The van der Waals surface area contributed by atoms with Crippen LogP contribution in [0.15, 0.2) is 22.7 Å². The summed E-state index contributed by atoms with van der Waals surface area (Å²) in [5.74, 6) is 1.94. The number of hydrogen-bond acceptors (Lipinski definition) is 2. The van der Waals surface area contributed by atoms with Crippen molar-refractivity contribution < 1.29 is 4.74 Å². The third-order valence-electron chi connectivity index (χ3n) is 5.08. The summed E-state index contributed by atoms with van der Waals surface area (Å²) in [5, 5.41) is 3.74. The zero-order chi connectivity index (χ0) is 14.9. The molecule has 1 aliphatic heterocycles. The minimum absolute atomic E-state index is 0.0682. The molecule has 3 heteroatoms. The smallest absolute Gasteiger partial charge is 0.125 e. The van der Waals surface area contributed by atoms with Crippen LogP contribution >= 0.6 is 15.9 Å². The van der Waals surface area contributed by atoms with Crippen molar-refractivity contribution in [1.29, 1.82) is 0 Å². The summed E-state index contributed by atoms with van der Waals surface area (Å²) in [6.45, 7) is 5.67. The van der Waals surface area contributed by atoms with Gasteiger partial charge in [-0.25, -0.2) is 0 Å². The Morgan fingerprint density at radius 1 is 1.33 bits per heavy atom. The van der Waals surface area contributed by atoms with Crippen LogP contribution in [0, 0.1) is 5.92 Å². The van der Waals surface area contributed by atoms with Crippen molar-refractivity contribution in [1.82, 2.24) is 5.32 Å². The summed E-state index contributed by atoms with van der Waals surface area (Å²) in [6.07, 6.45) is 7.29. The van der Waals surface area contributed by atoms with E-state index in [9.17, 15) is 0 Å². The number of halogens is 1. The van der Waals surface area contributed by atoms with Gasteiger partial charge in [-0.05, 0) is 62.8 Å². The second kappa shape index (κ2) is 6.29. The Hall–Kier alpha value is -0.540. The third kappa shape index (κ3) is 3.29. The fourth-order valence-corrected chi connectivity index (χ4v) is 4.12. The Morgan fingerprint density at radius 2 is 2.10 bits per heavy atom. The molecule has 0 saturated heterocycles. The Bertz CT molecular complexity index is 494. The summed E-state index contributed by atoms with van der Waals surface area (Å²) in [6, 6.07) is 6.89. The molecule has 1 aliphatic carbocycles. The summed E-state index contributed by atoms with van der Waals surface area (Å²) >= 11 is 3.60. The van der Waals surface area contributed by atoms with Crippen molar-refractivity contribution in [3.63, 3.8) is 0 Å². The van der Waals surface area contributed by atoms with Crippen molar-refractivity contribution >= 4 is 15.9 Å². The zero-order valence-corrected chi connectivity index (χ0v) is 14.7. The topological polar surface area (TPSA) is 21.3 Å². The quantitative estimate of drug-likeness (QED) is 0.805. The summed E-state index contributed by atoms with van der Waals surface area (Å²) in [5.41, 5.74) is 1.39. The van der Waals surface area contributed by atoms with E-state index in [1.165, 1.54) is 37.7 Å². The van der Waals surface area contributed by atoms with Crippen molar-refractivity contribution in [3.05, 3.63) is 28.2 Å². The number of ether oxygens (including phenoxy) is 1. The molecule has 1 fully saturated rings. The van der Waals surface area contributed by atoms with E-state index in [1.807, 2.05) is 0 Å². The number of hydrogen-bond donors (Lipinski definition) is 1. The van der Waals surface area contributed by atoms with Gasteiger partial charge >= 0.3 is 0 Å². The van der Waals surface area contributed by atoms with Crippen LogP contribution < -0.4 is 10.1 Å². The molecule has 2 nitrogen and oxygen atoms in total. The molecule has 1 aromatic carbocycles. The average molecular weight is 352 g/mol. The highest BCUT2D eigenvalue weighted by molar-refractivity contribution is 9.10. The molecule has 116 valence electrons. The monoisotopic (exact) mass is 351 g/mol. The minimum atomic E-state index is 0.0682. The first-order valence-electron chi connectivity index (χ1n) is 8.34. The molecule has 0 radical (unpaired) electrons. The maximum atomic E-state index is 6.51. The Labute approximate surface area is 136 Å². The third-order valence-corrected chi connectivity index (χ3v) is 5.57. The highest BCUT2D eigenvalue weighted by Crippen LogP contribution is 2.47. The second-order valence-corrected chi connectivity index (χ2v) is 7.78. The molecule has 1 saturated carbocycles. The highest BCUT2D eigenvalue weighted by atomic mass is 79.9. The molecule has 2 aliphatic rings. The molecule has 1 spiro atoms. The van der Waals surface area contributed by atoms with Crippen LogP contribution in [-0.2, 0) is 0 Å². The lowest BCUT2D eigenvalue weighted by Crippen LogP contribution is -2.46. The molecular formula is C18H26BrNO. The lowest BCUT2D eigenvalue weighted by molar-refractivity contribution is -0.0127. The van der Waals surface area contributed by atoms with E-state index in [0.29, 0.717) is 6.04 Å². The number of nitrogens with one attached hydrogen (secondary N) is 1.